The molecule has 0 saturated heterocycles. The van der Waals surface area contributed by atoms with E-state index in [4.69, 9.17) is 38.9 Å². The second-order valence-corrected chi connectivity index (χ2v) is 16.7. The molecule has 0 saturated carbocycles. The Hall–Kier alpha value is -6.66. The third-order valence-electron chi connectivity index (χ3n) is 9.52. The molecule has 0 bridgehead atoms. The molecule has 63 heavy (non-hydrogen) atoms. The van der Waals surface area contributed by atoms with Gasteiger partial charge in [-0.1, -0.05) is 59.6 Å². The number of hydrogen-bond donors (Lipinski definition) is 4. The summed E-state index contributed by atoms with van der Waals surface area (Å²) < 4.78 is 28.3. The standard InChI is InChI=1S/C22H17ClFN7.C17H15ClFN3.C5H3BrN4/c1-22(2,31-21-18-20(26-10-25-18)27-11-28-21)19-16(12-5-3-6-13(24)9-12)29-15-8-4-7-14(23)17(15)30-19;1-17(2,20)16-14(10-5-3-6-11(19)9-10)21-13-8-4-7-12(18)15(13)22-16;6-4-3-5(9-1-7-3)10-2-8-4/h3-11H,1-2H3,(H2,25,26,27,28,31);3-9H,20H2,1-2H3;1-2H,(H,7,8,9,10). The second kappa shape index (κ2) is 17.6. The molecule has 0 aliphatic rings. The Kier molecular flexibility index (Phi) is 12.0. The fraction of sp³-hybridized carbons (Fsp3) is 0.136. The number of aromatic nitrogens is 12. The number of benzene rings is 4. The van der Waals surface area contributed by atoms with Gasteiger partial charge in [0.05, 0.1) is 67.6 Å². The van der Waals surface area contributed by atoms with Gasteiger partial charge in [0.15, 0.2) is 17.1 Å². The highest BCUT2D eigenvalue weighted by Gasteiger charge is 2.30. The molecule has 0 fully saturated rings. The Morgan fingerprint density at radius 3 is 1.63 bits per heavy atom. The molecule has 19 heteroatoms. The molecular weight excluding hydrogens is 913 g/mol. The highest BCUT2D eigenvalue weighted by molar-refractivity contribution is 9.10. The van der Waals surface area contributed by atoms with E-state index in [0.29, 0.717) is 88.6 Å². The Bertz CT molecular complexity index is 3280. The zero-order valence-electron chi connectivity index (χ0n) is 33.8. The summed E-state index contributed by atoms with van der Waals surface area (Å²) in [5.41, 5.74) is 13.5. The van der Waals surface area contributed by atoms with Gasteiger partial charge in [0, 0.05) is 11.1 Å². The van der Waals surface area contributed by atoms with Crippen LogP contribution in [0.3, 0.4) is 0 Å². The molecule has 0 amide bonds. The normalized spacial score (nSPS) is 11.7. The van der Waals surface area contributed by atoms with Crippen LogP contribution in [-0.2, 0) is 11.1 Å². The molecule has 0 atom stereocenters. The number of hydrogen-bond acceptors (Lipinski definition) is 12. The first kappa shape index (κ1) is 43.0. The lowest BCUT2D eigenvalue weighted by Gasteiger charge is -2.28. The molecule has 316 valence electrons. The summed E-state index contributed by atoms with van der Waals surface area (Å²) in [5.74, 6) is -0.109. The Labute approximate surface area is 376 Å². The lowest BCUT2D eigenvalue weighted by Crippen LogP contribution is -2.31. The molecule has 6 heterocycles. The first-order valence-corrected chi connectivity index (χ1v) is 20.7. The third-order valence-corrected chi connectivity index (χ3v) is 10.7. The molecule has 0 aliphatic carbocycles. The van der Waals surface area contributed by atoms with Crippen LogP contribution in [0.1, 0.15) is 39.1 Å². The topological polar surface area (TPSA) is 199 Å². The van der Waals surface area contributed by atoms with E-state index in [-0.39, 0.29) is 11.6 Å². The minimum absolute atomic E-state index is 0.328. The van der Waals surface area contributed by atoms with Gasteiger partial charge in [0.25, 0.3) is 0 Å². The number of imidazole rings is 2. The second-order valence-electron chi connectivity index (χ2n) is 15.1. The van der Waals surface area contributed by atoms with Crippen LogP contribution >= 0.6 is 39.1 Å². The van der Waals surface area contributed by atoms with Crippen LogP contribution < -0.4 is 11.1 Å². The molecule has 0 unspecified atom stereocenters. The van der Waals surface area contributed by atoms with Crippen molar-refractivity contribution in [3.63, 3.8) is 0 Å². The predicted molar refractivity (Wildman–Crippen MR) is 245 cm³/mol. The fourth-order valence-corrected chi connectivity index (χ4v) is 7.40. The van der Waals surface area contributed by atoms with Gasteiger partial charge >= 0.3 is 0 Å². The highest BCUT2D eigenvalue weighted by Crippen LogP contribution is 2.36. The number of anilines is 1. The maximum atomic E-state index is 14.0. The van der Waals surface area contributed by atoms with E-state index in [1.54, 1.807) is 49.1 Å². The maximum Gasteiger partial charge on any atom is 0.182 e. The summed E-state index contributed by atoms with van der Waals surface area (Å²) in [6.07, 6.45) is 6.06. The quantitative estimate of drug-likeness (QED) is 0.115. The maximum absolute atomic E-state index is 14.0. The average molecular weight is 949 g/mol. The van der Waals surface area contributed by atoms with Gasteiger partial charge in [-0.05, 0) is 92.2 Å². The first-order chi connectivity index (χ1) is 30.2. The van der Waals surface area contributed by atoms with Crippen molar-refractivity contribution in [3.05, 3.63) is 148 Å². The minimum Gasteiger partial charge on any atom is -0.358 e. The number of nitrogens with zero attached hydrogens (tertiary/aromatic N) is 10. The molecule has 0 radical (unpaired) electrons. The summed E-state index contributed by atoms with van der Waals surface area (Å²) in [6, 6.07) is 23.3. The van der Waals surface area contributed by atoms with E-state index in [1.165, 1.54) is 36.9 Å². The van der Waals surface area contributed by atoms with Gasteiger partial charge in [0.2, 0.25) is 0 Å². The number of aromatic amines is 2. The zero-order chi connectivity index (χ0) is 44.5. The number of nitrogens with one attached hydrogen (secondary N) is 3. The molecule has 5 N–H and O–H groups in total. The van der Waals surface area contributed by atoms with E-state index >= 15 is 0 Å². The van der Waals surface area contributed by atoms with Crippen LogP contribution in [0.2, 0.25) is 10.0 Å². The van der Waals surface area contributed by atoms with Gasteiger partial charge in [-0.15, -0.1) is 0 Å². The molecule has 14 nitrogen and oxygen atoms in total. The zero-order valence-corrected chi connectivity index (χ0v) is 36.9. The van der Waals surface area contributed by atoms with Crippen molar-refractivity contribution < 1.29 is 8.78 Å². The van der Waals surface area contributed by atoms with E-state index in [2.05, 4.69) is 71.1 Å². The van der Waals surface area contributed by atoms with Crippen molar-refractivity contribution in [1.29, 1.82) is 0 Å². The van der Waals surface area contributed by atoms with Gasteiger partial charge in [-0.2, -0.15) is 0 Å². The molecule has 0 aliphatic heterocycles. The summed E-state index contributed by atoms with van der Waals surface area (Å²) in [6.45, 7) is 7.57. The van der Waals surface area contributed by atoms with Gasteiger partial charge < -0.3 is 21.0 Å². The fourth-order valence-electron chi connectivity index (χ4n) is 6.60. The summed E-state index contributed by atoms with van der Waals surface area (Å²) in [5, 5.41) is 4.42. The van der Waals surface area contributed by atoms with E-state index in [0.717, 1.165) is 10.1 Å². The van der Waals surface area contributed by atoms with Crippen molar-refractivity contribution in [1.82, 2.24) is 59.8 Å². The van der Waals surface area contributed by atoms with Crippen LogP contribution in [0, 0.1) is 11.6 Å². The monoisotopic (exact) mass is 946 g/mol. The Morgan fingerprint density at radius 2 is 1.10 bits per heavy atom. The van der Waals surface area contributed by atoms with Crippen molar-refractivity contribution >= 4 is 89.3 Å². The molecule has 4 aromatic carbocycles. The van der Waals surface area contributed by atoms with Crippen LogP contribution in [0.4, 0.5) is 14.6 Å². The van der Waals surface area contributed by atoms with Gasteiger partial charge in [-0.25, -0.2) is 58.6 Å². The first-order valence-electron chi connectivity index (χ1n) is 19.1. The minimum atomic E-state index is -0.756. The van der Waals surface area contributed by atoms with E-state index in [9.17, 15) is 8.78 Å². The average Bonchev–Trinajstić information content (AvgIpc) is 3.95. The summed E-state index contributed by atoms with van der Waals surface area (Å²) in [7, 11) is 0. The van der Waals surface area contributed by atoms with Crippen LogP contribution in [-0.4, -0.2) is 59.8 Å². The van der Waals surface area contributed by atoms with E-state index < -0.39 is 11.1 Å². The molecule has 10 aromatic rings. The number of fused-ring (bicyclic) bond motifs is 4. The van der Waals surface area contributed by atoms with Gasteiger partial charge in [0.1, 0.15) is 51.0 Å². The summed E-state index contributed by atoms with van der Waals surface area (Å²) >= 11 is 15.9. The molecular formula is C44H35BrCl2F2N14. The molecule has 6 aromatic heterocycles. The lowest BCUT2D eigenvalue weighted by molar-refractivity contribution is 0.537. The number of H-pyrrole nitrogens is 2. The van der Waals surface area contributed by atoms with Crippen molar-refractivity contribution in [3.8, 4) is 22.5 Å². The lowest BCUT2D eigenvalue weighted by atomic mass is 9.94. The van der Waals surface area contributed by atoms with Crippen LogP contribution in [0.25, 0.3) is 66.9 Å². The van der Waals surface area contributed by atoms with Crippen molar-refractivity contribution in [2.45, 2.75) is 38.8 Å². The Balaban J connectivity index is 0.000000147. The largest absolute Gasteiger partial charge is 0.358 e. The molecule has 0 spiro atoms. The number of para-hydroxylation sites is 2. The molecule has 10 rings (SSSR count). The Morgan fingerprint density at radius 1 is 0.603 bits per heavy atom. The number of rotatable bonds is 6. The highest BCUT2D eigenvalue weighted by atomic mass is 79.9. The predicted octanol–water partition coefficient (Wildman–Crippen LogP) is 10.5. The smallest absolute Gasteiger partial charge is 0.182 e. The van der Waals surface area contributed by atoms with Crippen LogP contribution in [0.15, 0.2) is 115 Å². The number of nitrogens with two attached hydrogens (primary N) is 1. The van der Waals surface area contributed by atoms with Crippen molar-refractivity contribution in [2.75, 3.05) is 5.32 Å². The van der Waals surface area contributed by atoms with Crippen molar-refractivity contribution in [2.24, 2.45) is 5.73 Å². The number of halogens is 5. The summed E-state index contributed by atoms with van der Waals surface area (Å²) in [4.78, 5) is 49.3. The van der Waals surface area contributed by atoms with E-state index in [1.807, 2.05) is 52.0 Å². The van der Waals surface area contributed by atoms with Crippen LogP contribution in [0.5, 0.6) is 0 Å². The SMILES string of the molecule is Brc1ncnc2nc[nH]c12.CC(C)(N)c1nc2c(Cl)cccc2nc1-c1cccc(F)c1.CC(C)(Nc1ncnc2nc[nH]c12)c1nc2c(Cl)cccc2nc1-c1cccc(F)c1. The van der Waals surface area contributed by atoms with Gasteiger partial charge in [-0.3, -0.25) is 0 Å². The third kappa shape index (κ3) is 9.27.